The topological polar surface area (TPSA) is 92.5 Å². The van der Waals surface area contributed by atoms with Gasteiger partial charge in [0.05, 0.1) is 4.92 Å². The summed E-state index contributed by atoms with van der Waals surface area (Å²) in [4.78, 5) is 38.8. The van der Waals surface area contributed by atoms with Gasteiger partial charge in [-0.15, -0.1) is 0 Å². The number of non-ortho nitro benzene ring substituents is 1. The van der Waals surface area contributed by atoms with Crippen LogP contribution in [-0.4, -0.2) is 34.5 Å². The van der Waals surface area contributed by atoms with Crippen molar-refractivity contribution in [3.05, 3.63) is 81.2 Å². The summed E-state index contributed by atoms with van der Waals surface area (Å²) in [6, 6.07) is 12.6. The maximum Gasteiger partial charge on any atom is 0.269 e. The van der Waals surface area contributed by atoms with E-state index in [4.69, 9.17) is 0 Å². The third-order valence-electron chi connectivity index (χ3n) is 5.12. The minimum atomic E-state index is -0.478. The first-order chi connectivity index (χ1) is 13.6. The van der Waals surface area contributed by atoms with Crippen molar-refractivity contribution in [2.45, 2.75) is 19.3 Å². The SMILES string of the molecule is O=C1C(Nc2ccc([N+](=O)[O-])cc2)=C(N2CCCCC2)C(=O)c2ccccc21. The Morgan fingerprint density at radius 2 is 1.46 bits per heavy atom. The van der Waals surface area contributed by atoms with Crippen LogP contribution in [-0.2, 0) is 0 Å². The van der Waals surface area contributed by atoms with Crippen LogP contribution in [0.15, 0.2) is 59.9 Å². The molecule has 4 rings (SSSR count). The van der Waals surface area contributed by atoms with Crippen molar-refractivity contribution >= 4 is 22.9 Å². The molecule has 1 aliphatic carbocycles. The van der Waals surface area contributed by atoms with Crippen molar-refractivity contribution in [3.8, 4) is 0 Å². The number of fused-ring (bicyclic) bond motifs is 1. The molecule has 2 aromatic rings. The lowest BCUT2D eigenvalue weighted by molar-refractivity contribution is -0.384. The highest BCUT2D eigenvalue weighted by Crippen LogP contribution is 2.31. The molecule has 28 heavy (non-hydrogen) atoms. The minimum absolute atomic E-state index is 0.0350. The number of likely N-dealkylation sites (tertiary alicyclic amines) is 1. The molecule has 0 spiro atoms. The molecule has 0 atom stereocenters. The number of nitrogens with one attached hydrogen (secondary N) is 1. The van der Waals surface area contributed by atoms with Crippen LogP contribution < -0.4 is 5.32 Å². The van der Waals surface area contributed by atoms with Crippen molar-refractivity contribution in [2.24, 2.45) is 0 Å². The quantitative estimate of drug-likeness (QED) is 0.644. The Kier molecular flexibility index (Phi) is 4.65. The van der Waals surface area contributed by atoms with Crippen LogP contribution in [0.4, 0.5) is 11.4 Å². The number of hydrogen-bond acceptors (Lipinski definition) is 6. The fourth-order valence-corrected chi connectivity index (χ4v) is 3.71. The summed E-state index contributed by atoms with van der Waals surface area (Å²) in [5.41, 5.74) is 1.91. The van der Waals surface area contributed by atoms with Gasteiger partial charge >= 0.3 is 0 Å². The van der Waals surface area contributed by atoms with Gasteiger partial charge in [-0.3, -0.25) is 19.7 Å². The van der Waals surface area contributed by atoms with Crippen molar-refractivity contribution in [1.29, 1.82) is 0 Å². The summed E-state index contributed by atoms with van der Waals surface area (Å²) >= 11 is 0. The number of nitro benzene ring substituents is 1. The smallest absolute Gasteiger partial charge is 0.269 e. The zero-order valence-corrected chi connectivity index (χ0v) is 15.2. The van der Waals surface area contributed by atoms with Gasteiger partial charge in [0, 0.05) is 42.0 Å². The zero-order valence-electron chi connectivity index (χ0n) is 15.2. The van der Waals surface area contributed by atoms with E-state index in [1.165, 1.54) is 24.3 Å². The van der Waals surface area contributed by atoms with Crippen LogP contribution in [0.1, 0.15) is 40.0 Å². The number of benzene rings is 2. The van der Waals surface area contributed by atoms with E-state index in [1.807, 2.05) is 4.90 Å². The van der Waals surface area contributed by atoms with Crippen LogP contribution in [0.3, 0.4) is 0 Å². The number of Topliss-reactive ketones (excluding diaryl/α,β-unsaturated/α-hetero) is 2. The third kappa shape index (κ3) is 3.15. The highest BCUT2D eigenvalue weighted by Gasteiger charge is 2.35. The van der Waals surface area contributed by atoms with E-state index in [9.17, 15) is 19.7 Å². The van der Waals surface area contributed by atoms with Gasteiger partial charge in [0.15, 0.2) is 0 Å². The van der Waals surface area contributed by atoms with Crippen molar-refractivity contribution in [1.82, 2.24) is 4.90 Å². The highest BCUT2D eigenvalue weighted by atomic mass is 16.6. The Morgan fingerprint density at radius 1 is 0.857 bits per heavy atom. The van der Waals surface area contributed by atoms with E-state index in [2.05, 4.69) is 5.32 Å². The maximum atomic E-state index is 13.2. The molecule has 1 fully saturated rings. The molecular formula is C21H19N3O4. The van der Waals surface area contributed by atoms with Crippen LogP contribution in [0, 0.1) is 10.1 Å². The number of allylic oxidation sites excluding steroid dienone is 2. The first kappa shape index (κ1) is 17.9. The van der Waals surface area contributed by atoms with E-state index >= 15 is 0 Å². The number of carbonyl (C=O) groups is 2. The summed E-state index contributed by atoms with van der Waals surface area (Å²) in [5.74, 6) is -0.407. The van der Waals surface area contributed by atoms with Gasteiger partial charge in [-0.2, -0.15) is 0 Å². The number of rotatable bonds is 4. The number of ketones is 2. The molecule has 2 aromatic carbocycles. The highest BCUT2D eigenvalue weighted by molar-refractivity contribution is 6.27. The van der Waals surface area contributed by atoms with Gasteiger partial charge in [-0.1, -0.05) is 24.3 Å². The van der Waals surface area contributed by atoms with E-state index < -0.39 is 4.92 Å². The molecular weight excluding hydrogens is 358 g/mol. The van der Waals surface area contributed by atoms with Gasteiger partial charge in [-0.25, -0.2) is 0 Å². The van der Waals surface area contributed by atoms with Crippen LogP contribution in [0.2, 0.25) is 0 Å². The van der Waals surface area contributed by atoms with E-state index in [0.29, 0.717) is 22.5 Å². The van der Waals surface area contributed by atoms with Crippen molar-refractivity contribution in [2.75, 3.05) is 18.4 Å². The molecule has 0 saturated carbocycles. The molecule has 0 unspecified atom stereocenters. The molecule has 7 nitrogen and oxygen atoms in total. The Labute approximate surface area is 161 Å². The molecule has 0 bridgehead atoms. The largest absolute Gasteiger partial charge is 0.367 e. The summed E-state index contributed by atoms with van der Waals surface area (Å²) in [5, 5.41) is 13.9. The lowest BCUT2D eigenvalue weighted by Crippen LogP contribution is -2.39. The second kappa shape index (κ2) is 7.26. The van der Waals surface area contributed by atoms with Gasteiger partial charge < -0.3 is 10.2 Å². The summed E-state index contributed by atoms with van der Waals surface area (Å²) in [6.45, 7) is 1.45. The monoisotopic (exact) mass is 377 g/mol. The van der Waals surface area contributed by atoms with Crippen LogP contribution >= 0.6 is 0 Å². The summed E-state index contributed by atoms with van der Waals surface area (Å²) in [7, 11) is 0. The van der Waals surface area contributed by atoms with Gasteiger partial charge in [0.2, 0.25) is 11.6 Å². The molecule has 1 N–H and O–H groups in total. The number of carbonyl (C=O) groups excluding carboxylic acids is 2. The van der Waals surface area contributed by atoms with E-state index in [-0.39, 0.29) is 23.0 Å². The van der Waals surface area contributed by atoms with E-state index in [1.54, 1.807) is 24.3 Å². The first-order valence-electron chi connectivity index (χ1n) is 9.25. The molecule has 1 saturated heterocycles. The molecule has 2 aliphatic rings. The van der Waals surface area contributed by atoms with Crippen LogP contribution in [0.5, 0.6) is 0 Å². The Hall–Kier alpha value is -3.48. The van der Waals surface area contributed by atoms with Crippen molar-refractivity contribution in [3.63, 3.8) is 0 Å². The van der Waals surface area contributed by atoms with Crippen LogP contribution in [0.25, 0.3) is 0 Å². The number of hydrogen-bond donors (Lipinski definition) is 1. The third-order valence-corrected chi connectivity index (χ3v) is 5.12. The minimum Gasteiger partial charge on any atom is -0.367 e. The number of piperidine rings is 1. The predicted octanol–water partition coefficient (Wildman–Crippen LogP) is 3.78. The average Bonchev–Trinajstić information content (AvgIpc) is 2.73. The van der Waals surface area contributed by atoms with E-state index in [0.717, 1.165) is 32.4 Å². The normalized spacial score (nSPS) is 16.8. The van der Waals surface area contributed by atoms with Gasteiger partial charge in [0.1, 0.15) is 11.4 Å². The number of anilines is 1. The first-order valence-corrected chi connectivity index (χ1v) is 9.25. The number of nitro groups is 1. The predicted molar refractivity (Wildman–Crippen MR) is 104 cm³/mol. The second-order valence-corrected chi connectivity index (χ2v) is 6.90. The Balaban J connectivity index is 1.77. The molecule has 142 valence electrons. The Morgan fingerprint density at radius 3 is 2.07 bits per heavy atom. The molecule has 0 radical (unpaired) electrons. The maximum absolute atomic E-state index is 13.2. The standard InChI is InChI=1S/C21H19N3O4/c25-20-16-6-2-3-7-17(16)21(26)19(23-12-4-1-5-13-23)18(20)22-14-8-10-15(11-9-14)24(27)28/h2-3,6-11,22H,1,4-5,12-13H2. The molecule has 1 heterocycles. The van der Waals surface area contributed by atoms with Gasteiger partial charge in [-0.05, 0) is 31.4 Å². The Bertz CT molecular complexity index is 989. The molecule has 0 aromatic heterocycles. The molecule has 7 heteroatoms. The fourth-order valence-electron chi connectivity index (χ4n) is 3.71. The summed E-state index contributed by atoms with van der Waals surface area (Å²) in [6.07, 6.45) is 3.04. The average molecular weight is 377 g/mol. The van der Waals surface area contributed by atoms with Gasteiger partial charge in [0.25, 0.3) is 5.69 Å². The van der Waals surface area contributed by atoms with Crippen molar-refractivity contribution < 1.29 is 14.5 Å². The summed E-state index contributed by atoms with van der Waals surface area (Å²) < 4.78 is 0. The lowest BCUT2D eigenvalue weighted by Gasteiger charge is -2.34. The zero-order chi connectivity index (χ0) is 19.7. The molecule has 1 aliphatic heterocycles. The lowest BCUT2D eigenvalue weighted by atomic mass is 9.89. The number of nitrogens with zero attached hydrogens (tertiary/aromatic N) is 2. The second-order valence-electron chi connectivity index (χ2n) is 6.90. The molecule has 0 amide bonds. The fraction of sp³-hybridized carbons (Fsp3) is 0.238.